The maximum Gasteiger partial charge on any atom is 0.176 e. The molecule has 2 aromatic carbocycles. The molecule has 0 aliphatic carbocycles. The van der Waals surface area contributed by atoms with E-state index in [4.69, 9.17) is 4.74 Å². The van der Waals surface area contributed by atoms with Crippen LogP contribution >= 0.6 is 0 Å². The fourth-order valence-corrected chi connectivity index (χ4v) is 2.48. The zero-order valence-electron chi connectivity index (χ0n) is 12.9. The minimum atomic E-state index is -0.261. The van der Waals surface area contributed by atoms with Gasteiger partial charge in [-0.25, -0.2) is 4.39 Å². The van der Waals surface area contributed by atoms with Crippen LogP contribution in [0.15, 0.2) is 42.5 Å². The van der Waals surface area contributed by atoms with E-state index in [0.29, 0.717) is 12.1 Å². The SMILES string of the molecule is CC1CNc2cc(C(=O)CNCc3ccc(F)cc3)ccc2O1. The van der Waals surface area contributed by atoms with E-state index in [1.54, 1.807) is 18.2 Å². The van der Waals surface area contributed by atoms with Crippen molar-refractivity contribution < 1.29 is 13.9 Å². The summed E-state index contributed by atoms with van der Waals surface area (Å²) in [6.07, 6.45) is 0.126. The molecule has 3 rings (SSSR count). The highest BCUT2D eigenvalue weighted by molar-refractivity contribution is 5.98. The summed E-state index contributed by atoms with van der Waals surface area (Å²) in [6.45, 7) is 3.48. The molecule has 1 aliphatic rings. The van der Waals surface area contributed by atoms with E-state index in [-0.39, 0.29) is 24.2 Å². The molecule has 5 heteroatoms. The highest BCUT2D eigenvalue weighted by Crippen LogP contribution is 2.29. The molecule has 1 aliphatic heterocycles. The molecule has 2 aromatic rings. The van der Waals surface area contributed by atoms with E-state index < -0.39 is 0 Å². The number of ketones is 1. The number of ether oxygens (including phenoxy) is 1. The molecule has 1 heterocycles. The number of halogens is 1. The number of carbonyl (C=O) groups is 1. The number of carbonyl (C=O) groups excluding carboxylic acids is 1. The van der Waals surface area contributed by atoms with E-state index >= 15 is 0 Å². The van der Waals surface area contributed by atoms with Gasteiger partial charge in [-0.15, -0.1) is 0 Å². The van der Waals surface area contributed by atoms with Crippen molar-refractivity contribution in [3.63, 3.8) is 0 Å². The van der Waals surface area contributed by atoms with E-state index in [0.717, 1.165) is 23.5 Å². The van der Waals surface area contributed by atoms with Gasteiger partial charge in [-0.1, -0.05) is 12.1 Å². The van der Waals surface area contributed by atoms with Gasteiger partial charge in [-0.3, -0.25) is 4.79 Å². The van der Waals surface area contributed by atoms with Gasteiger partial charge in [0.25, 0.3) is 0 Å². The van der Waals surface area contributed by atoms with Gasteiger partial charge in [0.15, 0.2) is 5.78 Å². The van der Waals surface area contributed by atoms with Gasteiger partial charge in [0.1, 0.15) is 17.7 Å². The smallest absolute Gasteiger partial charge is 0.176 e. The number of rotatable bonds is 5. The Hall–Kier alpha value is -2.40. The van der Waals surface area contributed by atoms with Crippen LogP contribution in [0.1, 0.15) is 22.8 Å². The van der Waals surface area contributed by atoms with Crippen molar-refractivity contribution in [3.8, 4) is 5.75 Å². The maximum absolute atomic E-state index is 12.8. The molecule has 0 spiro atoms. The first kappa shape index (κ1) is 15.5. The van der Waals surface area contributed by atoms with Gasteiger partial charge in [-0.2, -0.15) is 0 Å². The second kappa shape index (κ2) is 6.79. The largest absolute Gasteiger partial charge is 0.487 e. The summed E-state index contributed by atoms with van der Waals surface area (Å²) in [5.41, 5.74) is 2.43. The average molecular weight is 314 g/mol. The monoisotopic (exact) mass is 314 g/mol. The Kier molecular flexibility index (Phi) is 4.57. The van der Waals surface area contributed by atoms with E-state index in [1.165, 1.54) is 12.1 Å². The van der Waals surface area contributed by atoms with Crippen molar-refractivity contribution >= 4 is 11.5 Å². The van der Waals surface area contributed by atoms with Gasteiger partial charge in [0, 0.05) is 12.1 Å². The van der Waals surface area contributed by atoms with Crippen LogP contribution in [0.25, 0.3) is 0 Å². The number of hydrogen-bond donors (Lipinski definition) is 2. The normalized spacial score (nSPS) is 16.2. The zero-order chi connectivity index (χ0) is 16.2. The van der Waals surface area contributed by atoms with Crippen LogP contribution in [0.2, 0.25) is 0 Å². The summed E-state index contributed by atoms with van der Waals surface area (Å²) >= 11 is 0. The number of hydrogen-bond acceptors (Lipinski definition) is 4. The summed E-state index contributed by atoms with van der Waals surface area (Å²) in [5.74, 6) is 0.526. The molecule has 2 N–H and O–H groups in total. The van der Waals surface area contributed by atoms with Crippen molar-refractivity contribution in [1.29, 1.82) is 0 Å². The molecule has 0 saturated carbocycles. The molecule has 0 bridgehead atoms. The average Bonchev–Trinajstić information content (AvgIpc) is 2.56. The summed E-state index contributed by atoms with van der Waals surface area (Å²) < 4.78 is 18.5. The molecule has 23 heavy (non-hydrogen) atoms. The minimum absolute atomic E-state index is 0.00957. The molecule has 0 aromatic heterocycles. The third-order valence-corrected chi connectivity index (χ3v) is 3.74. The fourth-order valence-electron chi connectivity index (χ4n) is 2.48. The molecular formula is C18H19FN2O2. The van der Waals surface area contributed by atoms with Crippen LogP contribution in [0.5, 0.6) is 5.75 Å². The third kappa shape index (κ3) is 3.87. The molecule has 1 unspecified atom stereocenters. The van der Waals surface area contributed by atoms with Crippen LogP contribution in [-0.2, 0) is 6.54 Å². The zero-order valence-corrected chi connectivity index (χ0v) is 12.9. The first-order valence-electron chi connectivity index (χ1n) is 7.65. The number of benzene rings is 2. The maximum atomic E-state index is 12.8. The summed E-state index contributed by atoms with van der Waals surface area (Å²) in [5, 5.41) is 6.34. The molecule has 0 radical (unpaired) electrons. The Morgan fingerprint density at radius 2 is 2.09 bits per heavy atom. The Labute approximate surface area is 134 Å². The van der Waals surface area contributed by atoms with Crippen LogP contribution in [0.3, 0.4) is 0 Å². The lowest BCUT2D eigenvalue weighted by molar-refractivity contribution is 0.0990. The number of fused-ring (bicyclic) bond motifs is 1. The van der Waals surface area contributed by atoms with Crippen molar-refractivity contribution in [3.05, 3.63) is 59.4 Å². The second-order valence-corrected chi connectivity index (χ2v) is 5.67. The lowest BCUT2D eigenvalue weighted by atomic mass is 10.1. The molecule has 4 nitrogen and oxygen atoms in total. The summed E-state index contributed by atoms with van der Waals surface area (Å²) in [6, 6.07) is 11.7. The first-order chi connectivity index (χ1) is 11.1. The van der Waals surface area contributed by atoms with Crippen LogP contribution in [0.4, 0.5) is 10.1 Å². The molecule has 0 saturated heterocycles. The van der Waals surface area contributed by atoms with Crippen molar-refractivity contribution in [1.82, 2.24) is 5.32 Å². The van der Waals surface area contributed by atoms with Gasteiger partial charge in [0.2, 0.25) is 0 Å². The molecule has 0 fully saturated rings. The topological polar surface area (TPSA) is 50.4 Å². The van der Waals surface area contributed by atoms with Crippen LogP contribution in [-0.4, -0.2) is 25.0 Å². The predicted molar refractivity (Wildman–Crippen MR) is 87.5 cm³/mol. The number of Topliss-reactive ketones (excluding diaryl/α,β-unsaturated/α-hetero) is 1. The highest BCUT2D eigenvalue weighted by atomic mass is 19.1. The van der Waals surface area contributed by atoms with E-state index in [1.807, 2.05) is 19.1 Å². The lowest BCUT2D eigenvalue weighted by Gasteiger charge is -2.25. The fraction of sp³-hybridized carbons (Fsp3) is 0.278. The number of anilines is 1. The standard InChI is InChI=1S/C18H19FN2O2/c1-12-9-21-16-8-14(4-7-18(16)23-12)17(22)11-20-10-13-2-5-15(19)6-3-13/h2-8,12,20-21H,9-11H2,1H3. The Morgan fingerprint density at radius 1 is 1.30 bits per heavy atom. The highest BCUT2D eigenvalue weighted by Gasteiger charge is 2.17. The van der Waals surface area contributed by atoms with Crippen molar-refractivity contribution in [2.24, 2.45) is 0 Å². The Balaban J connectivity index is 1.57. The summed E-state index contributed by atoms with van der Waals surface area (Å²) in [4.78, 5) is 12.2. The molecule has 1 atom stereocenters. The quantitative estimate of drug-likeness (QED) is 0.833. The van der Waals surface area contributed by atoms with Gasteiger partial charge in [0.05, 0.1) is 18.8 Å². The van der Waals surface area contributed by atoms with E-state index in [2.05, 4.69) is 10.6 Å². The molecule has 120 valence electrons. The second-order valence-electron chi connectivity index (χ2n) is 5.67. The van der Waals surface area contributed by atoms with Gasteiger partial charge >= 0.3 is 0 Å². The predicted octanol–water partition coefficient (Wildman–Crippen LogP) is 2.99. The third-order valence-electron chi connectivity index (χ3n) is 3.74. The van der Waals surface area contributed by atoms with Crippen molar-refractivity contribution in [2.45, 2.75) is 19.6 Å². The van der Waals surface area contributed by atoms with Crippen molar-refractivity contribution in [2.75, 3.05) is 18.4 Å². The van der Waals surface area contributed by atoms with Crippen LogP contribution in [0, 0.1) is 5.82 Å². The first-order valence-corrected chi connectivity index (χ1v) is 7.65. The Bertz CT molecular complexity index is 701. The van der Waals surface area contributed by atoms with Gasteiger partial charge in [-0.05, 0) is 42.8 Å². The molecule has 0 amide bonds. The van der Waals surface area contributed by atoms with Gasteiger partial charge < -0.3 is 15.4 Å². The Morgan fingerprint density at radius 3 is 2.87 bits per heavy atom. The van der Waals surface area contributed by atoms with E-state index in [9.17, 15) is 9.18 Å². The summed E-state index contributed by atoms with van der Waals surface area (Å²) in [7, 11) is 0. The van der Waals surface area contributed by atoms with Crippen LogP contribution < -0.4 is 15.4 Å². The number of nitrogens with one attached hydrogen (secondary N) is 2. The lowest BCUT2D eigenvalue weighted by Crippen LogP contribution is -2.28. The minimum Gasteiger partial charge on any atom is -0.487 e. The molecular weight excluding hydrogens is 295 g/mol.